The minimum atomic E-state index is -0.642. The average Bonchev–Trinajstić information content (AvgIpc) is 3.48. The number of ether oxygens (including phenoxy) is 2. The molecule has 2 atom stereocenters. The minimum absolute atomic E-state index is 0.0103. The summed E-state index contributed by atoms with van der Waals surface area (Å²) in [6, 6.07) is 3.85. The Labute approximate surface area is 248 Å². The maximum absolute atomic E-state index is 11.4. The Morgan fingerprint density at radius 2 is 1.33 bits per heavy atom. The number of aryl methyl sites for hydroxylation is 2. The number of aromatic nitrogens is 4. The molecule has 0 saturated carbocycles. The minimum Gasteiger partial charge on any atom is -0.441 e. The van der Waals surface area contributed by atoms with Crippen molar-refractivity contribution in [3.8, 4) is 0 Å². The summed E-state index contributed by atoms with van der Waals surface area (Å²) >= 11 is 14.7. The van der Waals surface area contributed by atoms with Gasteiger partial charge in [-0.1, -0.05) is 64.7 Å². The second-order valence-electron chi connectivity index (χ2n) is 11.2. The van der Waals surface area contributed by atoms with Crippen molar-refractivity contribution in [3.05, 3.63) is 44.7 Å². The molecule has 2 unspecified atom stereocenters. The average molecular weight is 648 g/mol. The van der Waals surface area contributed by atoms with Crippen LogP contribution in [0.15, 0.2) is 33.3 Å². The van der Waals surface area contributed by atoms with Crippen molar-refractivity contribution in [1.29, 1.82) is 0 Å². The molecule has 2 aromatic rings. The van der Waals surface area contributed by atoms with Gasteiger partial charge in [-0.15, -0.1) is 0 Å². The number of nitrogens with two attached hydrogens (primary N) is 1. The second-order valence-corrected chi connectivity index (χ2v) is 12.9. The highest BCUT2D eigenvalue weighted by Crippen LogP contribution is 2.30. The maximum atomic E-state index is 11.4. The summed E-state index contributed by atoms with van der Waals surface area (Å²) < 4.78 is 13.4. The van der Waals surface area contributed by atoms with Crippen LogP contribution in [-0.4, -0.2) is 42.7 Å². The molecule has 4 heterocycles. The summed E-state index contributed by atoms with van der Waals surface area (Å²) in [5.41, 5.74) is 8.82. The predicted octanol–water partition coefficient (Wildman–Crippen LogP) is 5.60. The standard InChI is InChI=1S/C13H18ClN3O2.C8H15N3.C5H4BrClO2/c1-7-10(14)11(19-12(7)18)15-9-6-8(13(2,3)4)17(5)16-9;1-8(2,3)6-5-7(9)10-11(6)4;1-2-3(7)4(6)9-5(2)8/h6,11H,1-5H3,(H,15,16);5H,1-4H3,(H2,9,10);4H,1H3. The van der Waals surface area contributed by atoms with E-state index in [-0.39, 0.29) is 16.8 Å². The van der Waals surface area contributed by atoms with Gasteiger partial charge >= 0.3 is 11.9 Å². The van der Waals surface area contributed by atoms with Crippen molar-refractivity contribution < 1.29 is 19.1 Å². The molecule has 2 aromatic heterocycles. The highest BCUT2D eigenvalue weighted by atomic mass is 79.9. The Morgan fingerprint density at radius 1 is 0.872 bits per heavy atom. The summed E-state index contributed by atoms with van der Waals surface area (Å²) in [5, 5.41) is 11.9. The van der Waals surface area contributed by atoms with Gasteiger partial charge in [0, 0.05) is 48.4 Å². The molecular weight excluding hydrogens is 611 g/mol. The van der Waals surface area contributed by atoms with Gasteiger partial charge < -0.3 is 20.5 Å². The van der Waals surface area contributed by atoms with Crippen LogP contribution in [0.4, 0.5) is 11.6 Å². The van der Waals surface area contributed by atoms with Crippen molar-refractivity contribution >= 4 is 62.7 Å². The Bertz CT molecular complexity index is 1300. The summed E-state index contributed by atoms with van der Waals surface area (Å²) in [6.45, 7) is 16.0. The monoisotopic (exact) mass is 646 g/mol. The number of hydrogen-bond donors (Lipinski definition) is 2. The van der Waals surface area contributed by atoms with Crippen LogP contribution in [0.1, 0.15) is 66.8 Å². The van der Waals surface area contributed by atoms with Crippen LogP contribution in [-0.2, 0) is 44.0 Å². The number of anilines is 2. The van der Waals surface area contributed by atoms with Crippen molar-refractivity contribution in [2.75, 3.05) is 11.1 Å². The van der Waals surface area contributed by atoms with E-state index in [1.165, 1.54) is 0 Å². The molecule has 39 heavy (non-hydrogen) atoms. The fourth-order valence-electron chi connectivity index (χ4n) is 3.70. The third kappa shape index (κ3) is 8.25. The fourth-order valence-corrected chi connectivity index (χ4v) is 4.51. The normalized spacial score (nSPS) is 19.3. The molecule has 10 nitrogen and oxygen atoms in total. The number of rotatable bonds is 2. The van der Waals surface area contributed by atoms with E-state index in [9.17, 15) is 9.59 Å². The van der Waals surface area contributed by atoms with Crippen molar-refractivity contribution in [2.45, 2.75) is 77.5 Å². The first-order valence-corrected chi connectivity index (χ1v) is 13.8. The summed E-state index contributed by atoms with van der Waals surface area (Å²) in [4.78, 5) is 22.0. The molecule has 0 amide bonds. The zero-order valence-corrected chi connectivity index (χ0v) is 27.0. The van der Waals surface area contributed by atoms with E-state index in [1.807, 2.05) is 35.6 Å². The molecule has 3 N–H and O–H groups in total. The lowest BCUT2D eigenvalue weighted by atomic mass is 9.92. The Hall–Kier alpha value is -2.50. The first-order valence-electron chi connectivity index (χ1n) is 12.1. The molecular formula is C26H37BrCl2N6O4. The summed E-state index contributed by atoms with van der Waals surface area (Å²) in [6.07, 6.45) is -0.642. The molecule has 0 spiro atoms. The molecule has 2 aliphatic rings. The molecule has 0 radical (unpaired) electrons. The van der Waals surface area contributed by atoms with E-state index < -0.39 is 17.2 Å². The Kier molecular flexibility index (Phi) is 10.4. The van der Waals surface area contributed by atoms with E-state index in [0.29, 0.717) is 32.8 Å². The van der Waals surface area contributed by atoms with Crippen LogP contribution in [0.3, 0.4) is 0 Å². The van der Waals surface area contributed by atoms with Crippen molar-refractivity contribution in [3.63, 3.8) is 0 Å². The molecule has 0 aromatic carbocycles. The van der Waals surface area contributed by atoms with E-state index >= 15 is 0 Å². The number of nitrogens with zero attached hydrogens (tertiary/aromatic N) is 4. The second kappa shape index (κ2) is 12.3. The van der Waals surface area contributed by atoms with E-state index in [1.54, 1.807) is 13.8 Å². The Morgan fingerprint density at radius 3 is 1.62 bits per heavy atom. The molecule has 4 rings (SSSR count). The highest BCUT2D eigenvalue weighted by Gasteiger charge is 2.31. The smallest absolute Gasteiger partial charge is 0.337 e. The van der Waals surface area contributed by atoms with Crippen LogP contribution < -0.4 is 11.1 Å². The number of carbonyl (C=O) groups excluding carboxylic acids is 2. The van der Waals surface area contributed by atoms with Crippen molar-refractivity contribution in [2.24, 2.45) is 14.1 Å². The molecule has 0 saturated heterocycles. The van der Waals surface area contributed by atoms with Crippen LogP contribution in [0, 0.1) is 0 Å². The highest BCUT2D eigenvalue weighted by molar-refractivity contribution is 9.09. The third-order valence-electron chi connectivity index (χ3n) is 5.79. The Balaban J connectivity index is 0.000000226. The number of alkyl halides is 1. The number of carbonyl (C=O) groups is 2. The van der Waals surface area contributed by atoms with Gasteiger partial charge in [-0.3, -0.25) is 9.36 Å². The lowest BCUT2D eigenvalue weighted by molar-refractivity contribution is -0.139. The van der Waals surface area contributed by atoms with Gasteiger partial charge in [0.1, 0.15) is 5.82 Å². The lowest BCUT2D eigenvalue weighted by Gasteiger charge is -2.17. The molecule has 0 bridgehead atoms. The summed E-state index contributed by atoms with van der Waals surface area (Å²) in [5.74, 6) is 0.492. The van der Waals surface area contributed by atoms with E-state index in [0.717, 1.165) is 11.4 Å². The predicted molar refractivity (Wildman–Crippen MR) is 158 cm³/mol. The first-order chi connectivity index (χ1) is 17.7. The molecule has 2 aliphatic heterocycles. The number of cyclic esters (lactones) is 2. The van der Waals surface area contributed by atoms with Gasteiger partial charge in [-0.05, 0) is 29.8 Å². The zero-order chi connectivity index (χ0) is 30.0. The van der Waals surface area contributed by atoms with Gasteiger partial charge in [0.05, 0.1) is 21.2 Å². The van der Waals surface area contributed by atoms with E-state index in [4.69, 9.17) is 33.7 Å². The molecule has 0 aliphatic carbocycles. The van der Waals surface area contributed by atoms with Gasteiger partial charge in [0.2, 0.25) is 6.23 Å². The molecule has 216 valence electrons. The zero-order valence-electron chi connectivity index (χ0n) is 23.9. The molecule has 0 fully saturated rings. The number of halogens is 3. The van der Waals surface area contributed by atoms with Crippen LogP contribution in [0.25, 0.3) is 0 Å². The fraction of sp³-hybridized carbons (Fsp3) is 0.538. The lowest BCUT2D eigenvalue weighted by Crippen LogP contribution is -2.21. The quantitative estimate of drug-likeness (QED) is 0.319. The largest absolute Gasteiger partial charge is 0.441 e. The number of hydrogen-bond acceptors (Lipinski definition) is 8. The molecule has 13 heteroatoms. The number of nitrogens with one attached hydrogen (secondary N) is 1. The van der Waals surface area contributed by atoms with Crippen LogP contribution in [0.2, 0.25) is 0 Å². The van der Waals surface area contributed by atoms with Gasteiger partial charge in [-0.25, -0.2) is 9.59 Å². The topological polar surface area (TPSA) is 126 Å². The number of nitrogen functional groups attached to an aromatic ring is 1. The van der Waals surface area contributed by atoms with Crippen molar-refractivity contribution in [1.82, 2.24) is 19.6 Å². The van der Waals surface area contributed by atoms with Gasteiger partial charge in [-0.2, -0.15) is 10.2 Å². The van der Waals surface area contributed by atoms with Gasteiger partial charge in [0.25, 0.3) is 0 Å². The van der Waals surface area contributed by atoms with Crippen LogP contribution >= 0.6 is 39.1 Å². The third-order valence-corrected chi connectivity index (χ3v) is 7.66. The first kappa shape index (κ1) is 32.7. The summed E-state index contributed by atoms with van der Waals surface area (Å²) in [7, 11) is 3.80. The SMILES string of the molecule is CC1=C(Cl)C(Br)OC1=O.CC1=C(Cl)C(Nc2cc(C(C)(C)C)n(C)n2)OC1=O.Cn1nc(N)cc1C(C)(C)C. The van der Waals surface area contributed by atoms with Crippen LogP contribution in [0.5, 0.6) is 0 Å². The van der Waals surface area contributed by atoms with E-state index in [2.05, 4.69) is 77.7 Å². The number of esters is 2. The maximum Gasteiger partial charge on any atom is 0.337 e. The van der Waals surface area contributed by atoms with Gasteiger partial charge in [0.15, 0.2) is 10.8 Å².